The highest BCUT2D eigenvalue weighted by Gasteiger charge is 1.99. The van der Waals surface area contributed by atoms with Gasteiger partial charge in [0.2, 0.25) is 0 Å². The summed E-state index contributed by atoms with van der Waals surface area (Å²) in [6.45, 7) is 5.06. The van der Waals surface area contributed by atoms with E-state index in [9.17, 15) is 4.79 Å². The van der Waals surface area contributed by atoms with Crippen LogP contribution in [-0.4, -0.2) is 25.4 Å². The van der Waals surface area contributed by atoms with Crippen molar-refractivity contribution in [3.63, 3.8) is 0 Å². The first-order valence-electron chi connectivity index (χ1n) is 3.87. The molecule has 0 heterocycles. The Bertz CT molecular complexity index is 186. The van der Waals surface area contributed by atoms with E-state index in [4.69, 9.17) is 5.53 Å². The minimum atomic E-state index is 0.117. The number of carbonyl (C=O) groups is 1. The van der Waals surface area contributed by atoms with Crippen LogP contribution in [-0.2, 0) is 4.79 Å². The second-order valence-electron chi connectivity index (χ2n) is 2.85. The molecule has 0 aliphatic rings. The molecular weight excluding hydrogens is 156 g/mol. The van der Waals surface area contributed by atoms with Crippen molar-refractivity contribution in [1.82, 2.24) is 5.32 Å². The Morgan fingerprint density at radius 2 is 2.42 bits per heavy atom. The van der Waals surface area contributed by atoms with Gasteiger partial charge in [-0.25, -0.2) is 0 Å². The molecule has 68 valence electrons. The van der Waals surface area contributed by atoms with Crippen molar-refractivity contribution in [2.75, 3.05) is 19.6 Å². The van der Waals surface area contributed by atoms with E-state index >= 15 is 0 Å². The number of nitrogens with one attached hydrogen (secondary N) is 1. The van der Waals surface area contributed by atoms with E-state index < -0.39 is 0 Å². The first-order chi connectivity index (χ1) is 5.66. The zero-order valence-electron chi connectivity index (χ0n) is 7.45. The van der Waals surface area contributed by atoms with Crippen LogP contribution in [0.2, 0.25) is 0 Å². The van der Waals surface area contributed by atoms with Gasteiger partial charge in [-0.15, -0.1) is 0 Å². The van der Waals surface area contributed by atoms with Gasteiger partial charge in [-0.05, 0) is 24.9 Å². The number of azide groups is 1. The van der Waals surface area contributed by atoms with Crippen LogP contribution in [0.3, 0.4) is 0 Å². The normalized spacial score (nSPS) is 11.8. The quantitative estimate of drug-likeness (QED) is 0.368. The van der Waals surface area contributed by atoms with Gasteiger partial charge < -0.3 is 5.32 Å². The van der Waals surface area contributed by atoms with Gasteiger partial charge in [-0.3, -0.25) is 4.79 Å². The molecule has 0 amide bonds. The summed E-state index contributed by atoms with van der Waals surface area (Å²) in [5.74, 6) is 0.395. The molecular formula is C7H14N4O. The molecule has 0 aromatic rings. The summed E-state index contributed by atoms with van der Waals surface area (Å²) in [6, 6.07) is 0. The van der Waals surface area contributed by atoms with Crippen LogP contribution in [0.4, 0.5) is 0 Å². The average Bonchev–Trinajstić information content (AvgIpc) is 2.00. The van der Waals surface area contributed by atoms with Crippen molar-refractivity contribution < 1.29 is 4.79 Å². The van der Waals surface area contributed by atoms with Crippen molar-refractivity contribution in [2.45, 2.75) is 13.8 Å². The fourth-order valence-electron chi connectivity index (χ4n) is 0.735. The predicted molar refractivity (Wildman–Crippen MR) is 46.7 cm³/mol. The third-order valence-electron chi connectivity index (χ3n) is 1.32. The number of ketones is 1. The lowest BCUT2D eigenvalue weighted by molar-refractivity contribution is -0.116. The lowest BCUT2D eigenvalue weighted by Gasteiger charge is -2.07. The maximum Gasteiger partial charge on any atom is 0.143 e. The van der Waals surface area contributed by atoms with Crippen LogP contribution in [0, 0.1) is 5.92 Å². The lowest BCUT2D eigenvalue weighted by atomic mass is 10.2. The molecule has 0 aromatic carbocycles. The maximum absolute atomic E-state index is 10.5. The molecule has 5 heteroatoms. The minimum absolute atomic E-state index is 0.117. The van der Waals surface area contributed by atoms with Crippen molar-refractivity contribution in [3.8, 4) is 0 Å². The molecule has 0 saturated heterocycles. The van der Waals surface area contributed by atoms with Crippen LogP contribution in [0.1, 0.15) is 13.8 Å². The maximum atomic E-state index is 10.5. The minimum Gasteiger partial charge on any atom is -0.310 e. The van der Waals surface area contributed by atoms with Crippen molar-refractivity contribution in [2.24, 2.45) is 11.0 Å². The number of carbonyl (C=O) groups excluding carboxylic acids is 1. The van der Waals surface area contributed by atoms with Crippen LogP contribution in [0.5, 0.6) is 0 Å². The van der Waals surface area contributed by atoms with E-state index in [2.05, 4.69) is 15.3 Å². The smallest absolute Gasteiger partial charge is 0.143 e. The molecule has 0 aliphatic carbocycles. The summed E-state index contributed by atoms with van der Waals surface area (Å²) in [4.78, 5) is 13.1. The Hall–Kier alpha value is -1.06. The molecule has 0 aliphatic heterocycles. The second kappa shape index (κ2) is 6.64. The zero-order valence-corrected chi connectivity index (χ0v) is 7.45. The van der Waals surface area contributed by atoms with Gasteiger partial charge in [-0.1, -0.05) is 12.0 Å². The molecule has 1 N–H and O–H groups in total. The Kier molecular flexibility index (Phi) is 6.05. The highest BCUT2D eigenvalue weighted by molar-refractivity contribution is 5.77. The number of nitrogens with zero attached hydrogens (tertiary/aromatic N) is 3. The summed E-state index contributed by atoms with van der Waals surface area (Å²) >= 11 is 0. The Morgan fingerprint density at radius 1 is 1.75 bits per heavy atom. The van der Waals surface area contributed by atoms with Gasteiger partial charge in [-0.2, -0.15) is 0 Å². The number of Topliss-reactive ketones (excluding diaryl/α,β-unsaturated/α-hetero) is 1. The molecule has 1 atom stereocenters. The molecule has 5 nitrogen and oxygen atoms in total. The van der Waals surface area contributed by atoms with Gasteiger partial charge in [0.05, 0.1) is 6.54 Å². The fraction of sp³-hybridized carbons (Fsp3) is 0.857. The van der Waals surface area contributed by atoms with Gasteiger partial charge in [0.15, 0.2) is 0 Å². The predicted octanol–water partition coefficient (Wildman–Crippen LogP) is 1.11. The topological polar surface area (TPSA) is 77.9 Å². The molecule has 0 saturated carbocycles. The number of hydrogen-bond donors (Lipinski definition) is 1. The lowest BCUT2D eigenvalue weighted by Crippen LogP contribution is -2.27. The molecule has 0 aromatic heterocycles. The van der Waals surface area contributed by atoms with E-state index in [-0.39, 0.29) is 11.7 Å². The number of hydrogen-bond acceptors (Lipinski definition) is 3. The van der Waals surface area contributed by atoms with Gasteiger partial charge in [0.25, 0.3) is 0 Å². The summed E-state index contributed by atoms with van der Waals surface area (Å²) in [5, 5.41) is 6.39. The monoisotopic (exact) mass is 170 g/mol. The number of rotatable bonds is 6. The zero-order chi connectivity index (χ0) is 9.40. The molecule has 0 bridgehead atoms. The molecule has 12 heavy (non-hydrogen) atoms. The molecule has 0 fully saturated rings. The SMILES string of the molecule is CC(=O)CNCC(C)CN=[N+]=[N-]. The van der Waals surface area contributed by atoms with E-state index in [0.717, 1.165) is 0 Å². The van der Waals surface area contributed by atoms with Crippen molar-refractivity contribution >= 4 is 5.78 Å². The average molecular weight is 170 g/mol. The largest absolute Gasteiger partial charge is 0.310 e. The third kappa shape index (κ3) is 7.05. The molecule has 1 unspecified atom stereocenters. The van der Waals surface area contributed by atoms with E-state index in [1.165, 1.54) is 6.92 Å². The Balaban J connectivity index is 3.36. The van der Waals surface area contributed by atoms with E-state index in [1.807, 2.05) is 6.92 Å². The fourth-order valence-corrected chi connectivity index (χ4v) is 0.735. The molecule has 0 radical (unpaired) electrons. The Morgan fingerprint density at radius 3 is 2.92 bits per heavy atom. The second-order valence-corrected chi connectivity index (χ2v) is 2.85. The summed E-state index contributed by atoms with van der Waals surface area (Å²) < 4.78 is 0. The van der Waals surface area contributed by atoms with Crippen LogP contribution >= 0.6 is 0 Å². The van der Waals surface area contributed by atoms with Crippen LogP contribution in [0.15, 0.2) is 5.11 Å². The van der Waals surface area contributed by atoms with Crippen LogP contribution < -0.4 is 5.32 Å². The van der Waals surface area contributed by atoms with Crippen molar-refractivity contribution in [1.29, 1.82) is 0 Å². The van der Waals surface area contributed by atoms with Gasteiger partial charge in [0, 0.05) is 11.5 Å². The van der Waals surface area contributed by atoms with E-state index in [1.54, 1.807) is 0 Å². The van der Waals surface area contributed by atoms with Gasteiger partial charge >= 0.3 is 0 Å². The summed E-state index contributed by atoms with van der Waals surface area (Å²) in [7, 11) is 0. The first-order valence-corrected chi connectivity index (χ1v) is 3.87. The standard InChI is InChI=1S/C7H14N4O/c1-6(4-10-11-8)3-9-5-7(2)12/h6,9H,3-5H2,1-2H3. The first kappa shape index (κ1) is 10.9. The van der Waals surface area contributed by atoms with Gasteiger partial charge in [0.1, 0.15) is 5.78 Å². The van der Waals surface area contributed by atoms with Crippen molar-refractivity contribution in [3.05, 3.63) is 10.4 Å². The third-order valence-corrected chi connectivity index (χ3v) is 1.32. The highest BCUT2D eigenvalue weighted by Crippen LogP contribution is 1.92. The molecule has 0 spiro atoms. The summed E-state index contributed by atoms with van der Waals surface area (Å²) in [5.41, 5.74) is 8.01. The Labute approximate surface area is 71.8 Å². The van der Waals surface area contributed by atoms with E-state index in [0.29, 0.717) is 19.6 Å². The highest BCUT2D eigenvalue weighted by atomic mass is 16.1. The summed E-state index contributed by atoms with van der Waals surface area (Å²) in [6.07, 6.45) is 0. The molecule has 0 rings (SSSR count). The van der Waals surface area contributed by atoms with Crippen LogP contribution in [0.25, 0.3) is 10.4 Å².